The minimum atomic E-state index is -3.69. The summed E-state index contributed by atoms with van der Waals surface area (Å²) in [6, 6.07) is 16.4. The lowest BCUT2D eigenvalue weighted by molar-refractivity contribution is 0.433. The topological polar surface area (TPSA) is 77.3 Å². The Morgan fingerprint density at radius 3 is 2.52 bits per heavy atom. The molecule has 1 aliphatic rings. The Morgan fingerprint density at radius 1 is 1.00 bits per heavy atom. The number of sulfonamides is 1. The Hall–Kier alpha value is -3.02. The molecule has 0 radical (unpaired) electrons. The van der Waals surface area contributed by atoms with Crippen LogP contribution in [-0.2, 0) is 10.0 Å². The number of rotatable bonds is 3. The maximum absolute atomic E-state index is 13.2. The summed E-state index contributed by atoms with van der Waals surface area (Å²) in [5, 5.41) is 10.3. The van der Waals surface area contributed by atoms with Crippen LogP contribution in [0.1, 0.15) is 12.1 Å². The van der Waals surface area contributed by atoms with Crippen LogP contribution < -0.4 is 4.90 Å². The molecule has 1 aliphatic heterocycles. The van der Waals surface area contributed by atoms with E-state index in [1.807, 2.05) is 24.3 Å². The monoisotopic (exact) mass is 410 g/mol. The molecule has 2 heterocycles. The Bertz CT molecular complexity index is 1190. The highest BCUT2D eigenvalue weighted by Gasteiger charge is 2.27. The maximum atomic E-state index is 13.2. The molecule has 29 heavy (non-hydrogen) atoms. The fourth-order valence-electron chi connectivity index (χ4n) is 3.61. The van der Waals surface area contributed by atoms with Crippen molar-refractivity contribution in [1.82, 2.24) is 9.29 Å². The third-order valence-corrected chi connectivity index (χ3v) is 6.97. The van der Waals surface area contributed by atoms with Crippen LogP contribution >= 0.6 is 0 Å². The molecule has 0 spiro atoms. The van der Waals surface area contributed by atoms with Gasteiger partial charge in [-0.25, -0.2) is 17.8 Å². The van der Waals surface area contributed by atoms with Crippen LogP contribution in [0.4, 0.5) is 10.1 Å². The highest BCUT2D eigenvalue weighted by Crippen LogP contribution is 2.28. The maximum Gasteiger partial charge on any atom is 0.243 e. The number of anilines is 1. The second-order valence-corrected chi connectivity index (χ2v) is 8.79. The molecule has 1 saturated heterocycles. The number of hydrogen-bond acceptors (Lipinski definition) is 5. The van der Waals surface area contributed by atoms with Crippen molar-refractivity contribution >= 4 is 26.6 Å². The SMILES string of the molecule is N#Cc1cc(N2CCCN(S(=O)(=O)c3ccc(F)cc3)CC2)c2ccccc2n1. The molecule has 8 heteroatoms. The Balaban J connectivity index is 1.62. The highest BCUT2D eigenvalue weighted by atomic mass is 32.2. The summed E-state index contributed by atoms with van der Waals surface area (Å²) in [5.74, 6) is -0.469. The fraction of sp³-hybridized carbons (Fsp3) is 0.238. The highest BCUT2D eigenvalue weighted by molar-refractivity contribution is 7.89. The van der Waals surface area contributed by atoms with E-state index < -0.39 is 15.8 Å². The third-order valence-electron chi connectivity index (χ3n) is 5.06. The van der Waals surface area contributed by atoms with Gasteiger partial charge in [-0.3, -0.25) is 0 Å². The van der Waals surface area contributed by atoms with Gasteiger partial charge in [-0.1, -0.05) is 18.2 Å². The standard InChI is InChI=1S/C21H19FN4O2S/c22-16-6-8-18(9-7-16)29(27,28)26-11-3-10-25(12-13-26)21-14-17(15-23)24-20-5-2-1-4-19(20)21/h1-2,4-9,14H,3,10-13H2. The first kappa shape index (κ1) is 19.3. The van der Waals surface area contributed by atoms with E-state index in [0.29, 0.717) is 38.3 Å². The zero-order chi connectivity index (χ0) is 20.4. The van der Waals surface area contributed by atoms with Crippen LogP contribution in [0.3, 0.4) is 0 Å². The second-order valence-electron chi connectivity index (χ2n) is 6.85. The van der Waals surface area contributed by atoms with Crippen LogP contribution in [0.25, 0.3) is 10.9 Å². The molecule has 0 saturated carbocycles. The largest absolute Gasteiger partial charge is 0.370 e. The number of hydrogen-bond donors (Lipinski definition) is 0. The van der Waals surface area contributed by atoms with Crippen molar-refractivity contribution in [2.24, 2.45) is 0 Å². The van der Waals surface area contributed by atoms with Crippen LogP contribution in [0.5, 0.6) is 0 Å². The summed E-state index contributed by atoms with van der Waals surface area (Å²) in [4.78, 5) is 6.54. The molecule has 0 bridgehead atoms. The van der Waals surface area contributed by atoms with E-state index in [9.17, 15) is 18.1 Å². The quantitative estimate of drug-likeness (QED) is 0.663. The smallest absolute Gasteiger partial charge is 0.243 e. The lowest BCUT2D eigenvalue weighted by atomic mass is 10.1. The van der Waals surface area contributed by atoms with Crippen LogP contribution in [0.2, 0.25) is 0 Å². The average Bonchev–Trinajstić information content (AvgIpc) is 3.00. The number of pyridine rings is 1. The molecule has 148 valence electrons. The summed E-state index contributed by atoms with van der Waals surface area (Å²) in [5.41, 5.74) is 1.95. The van der Waals surface area contributed by atoms with E-state index >= 15 is 0 Å². The third kappa shape index (κ3) is 3.79. The van der Waals surface area contributed by atoms with E-state index in [2.05, 4.69) is 16.0 Å². The molecule has 1 fully saturated rings. The van der Waals surface area contributed by atoms with Gasteiger partial charge < -0.3 is 4.90 Å². The summed E-state index contributed by atoms with van der Waals surface area (Å²) in [7, 11) is -3.69. The first-order valence-electron chi connectivity index (χ1n) is 9.29. The molecule has 2 aromatic carbocycles. The van der Waals surface area contributed by atoms with Crippen molar-refractivity contribution < 1.29 is 12.8 Å². The van der Waals surface area contributed by atoms with Gasteiger partial charge in [-0.2, -0.15) is 9.57 Å². The van der Waals surface area contributed by atoms with Gasteiger partial charge in [0.2, 0.25) is 10.0 Å². The predicted molar refractivity (Wildman–Crippen MR) is 108 cm³/mol. The van der Waals surface area contributed by atoms with Gasteiger partial charge in [-0.05, 0) is 42.8 Å². The summed E-state index contributed by atoms with van der Waals surface area (Å²) in [6.45, 7) is 1.83. The molecule has 3 aromatic rings. The lowest BCUT2D eigenvalue weighted by Gasteiger charge is -2.25. The molecule has 6 nitrogen and oxygen atoms in total. The molecule has 0 unspecified atom stereocenters. The van der Waals surface area contributed by atoms with Crippen LogP contribution in [0.15, 0.2) is 59.5 Å². The normalized spacial score (nSPS) is 15.8. The van der Waals surface area contributed by atoms with Gasteiger partial charge in [0.1, 0.15) is 17.6 Å². The molecule has 1 aromatic heterocycles. The number of halogens is 1. The number of nitrogens with zero attached hydrogens (tertiary/aromatic N) is 4. The minimum Gasteiger partial charge on any atom is -0.370 e. The van der Waals surface area contributed by atoms with E-state index in [0.717, 1.165) is 28.7 Å². The molecule has 0 amide bonds. The molecule has 4 rings (SSSR count). The molecule has 0 N–H and O–H groups in total. The van der Waals surface area contributed by atoms with Gasteiger partial charge >= 0.3 is 0 Å². The summed E-state index contributed by atoms with van der Waals surface area (Å²) >= 11 is 0. The first-order valence-corrected chi connectivity index (χ1v) is 10.7. The van der Waals surface area contributed by atoms with Gasteiger partial charge in [0, 0.05) is 37.3 Å². The molecule has 0 aliphatic carbocycles. The average molecular weight is 410 g/mol. The number of nitriles is 1. The number of aromatic nitrogens is 1. The molecule has 0 atom stereocenters. The van der Waals surface area contributed by atoms with E-state index in [1.54, 1.807) is 6.07 Å². The minimum absolute atomic E-state index is 0.0912. The van der Waals surface area contributed by atoms with Gasteiger partial charge in [0.15, 0.2) is 0 Å². The summed E-state index contributed by atoms with van der Waals surface area (Å²) in [6.07, 6.45) is 0.638. The number of fused-ring (bicyclic) bond motifs is 1. The number of para-hydroxylation sites is 1. The summed E-state index contributed by atoms with van der Waals surface area (Å²) < 4.78 is 40.5. The first-order chi connectivity index (χ1) is 14.0. The second kappa shape index (κ2) is 7.78. The predicted octanol–water partition coefficient (Wildman–Crippen LogP) is 3.15. The molecular formula is C21H19FN4O2S. The fourth-order valence-corrected chi connectivity index (χ4v) is 5.08. The van der Waals surface area contributed by atoms with Crippen LogP contribution in [0, 0.1) is 17.1 Å². The van der Waals surface area contributed by atoms with Crippen molar-refractivity contribution in [3.05, 3.63) is 66.1 Å². The Kier molecular flexibility index (Phi) is 5.18. The van der Waals surface area contributed by atoms with E-state index in [4.69, 9.17) is 0 Å². The van der Waals surface area contributed by atoms with Crippen molar-refractivity contribution in [1.29, 1.82) is 5.26 Å². The van der Waals surface area contributed by atoms with Crippen molar-refractivity contribution in [3.8, 4) is 6.07 Å². The van der Waals surface area contributed by atoms with Crippen molar-refractivity contribution in [2.45, 2.75) is 11.3 Å². The number of benzene rings is 2. The lowest BCUT2D eigenvalue weighted by Crippen LogP contribution is -2.35. The Labute approximate surface area is 168 Å². The zero-order valence-corrected chi connectivity index (χ0v) is 16.4. The van der Waals surface area contributed by atoms with Crippen molar-refractivity contribution in [2.75, 3.05) is 31.1 Å². The molecular weight excluding hydrogens is 391 g/mol. The van der Waals surface area contributed by atoms with Crippen molar-refractivity contribution in [3.63, 3.8) is 0 Å². The van der Waals surface area contributed by atoms with Crippen LogP contribution in [-0.4, -0.2) is 43.9 Å². The van der Waals surface area contributed by atoms with E-state index in [1.165, 1.54) is 16.4 Å². The zero-order valence-electron chi connectivity index (χ0n) is 15.6. The van der Waals surface area contributed by atoms with E-state index in [-0.39, 0.29) is 4.90 Å². The van der Waals surface area contributed by atoms with Gasteiger partial charge in [0.25, 0.3) is 0 Å². The Morgan fingerprint density at radius 2 is 1.76 bits per heavy atom. The van der Waals surface area contributed by atoms with Gasteiger partial charge in [0.05, 0.1) is 10.4 Å². The van der Waals surface area contributed by atoms with Gasteiger partial charge in [-0.15, -0.1) is 0 Å².